The minimum Gasteiger partial charge on any atom is -0.392 e. The van der Waals surface area contributed by atoms with Gasteiger partial charge >= 0.3 is 0 Å². The number of hydrogen-bond donors (Lipinski definition) is 2. The monoisotopic (exact) mass is 208 g/mol. The van der Waals surface area contributed by atoms with Crippen molar-refractivity contribution < 1.29 is 9.90 Å². The van der Waals surface area contributed by atoms with Crippen molar-refractivity contribution in [2.24, 2.45) is 0 Å². The van der Waals surface area contributed by atoms with E-state index in [1.165, 1.54) is 0 Å². The summed E-state index contributed by atoms with van der Waals surface area (Å²) in [6.45, 7) is 1.96. The molecule has 0 bridgehead atoms. The fraction of sp³-hybridized carbons (Fsp3) is 0.455. The summed E-state index contributed by atoms with van der Waals surface area (Å²) in [5.41, 5.74) is 1.09. The van der Waals surface area contributed by atoms with Crippen LogP contribution in [-0.4, -0.2) is 28.6 Å². The molecule has 0 aromatic carbocycles. The minimum absolute atomic E-state index is 0.0345. The fourth-order valence-electron chi connectivity index (χ4n) is 1.16. The summed E-state index contributed by atoms with van der Waals surface area (Å²) in [5, 5.41) is 11.6. The van der Waals surface area contributed by atoms with Gasteiger partial charge in [0.1, 0.15) is 0 Å². The molecule has 1 amide bonds. The normalized spacial score (nSPS) is 12.1. The molecule has 0 unspecified atom stereocenters. The Morgan fingerprint density at radius 2 is 2.20 bits per heavy atom. The highest BCUT2D eigenvalue weighted by molar-refractivity contribution is 5.76. The van der Waals surface area contributed by atoms with Gasteiger partial charge in [-0.1, -0.05) is 0 Å². The van der Waals surface area contributed by atoms with E-state index in [0.29, 0.717) is 19.4 Å². The van der Waals surface area contributed by atoms with Crippen molar-refractivity contribution in [2.45, 2.75) is 25.9 Å². The Kier molecular flexibility index (Phi) is 4.77. The van der Waals surface area contributed by atoms with Gasteiger partial charge in [0.05, 0.1) is 6.10 Å². The lowest BCUT2D eigenvalue weighted by Gasteiger charge is -2.06. The summed E-state index contributed by atoms with van der Waals surface area (Å²) in [7, 11) is 0. The molecule has 1 heterocycles. The molecule has 0 spiro atoms. The lowest BCUT2D eigenvalue weighted by molar-refractivity contribution is -0.121. The molecule has 0 saturated carbocycles. The van der Waals surface area contributed by atoms with Gasteiger partial charge in [0.25, 0.3) is 0 Å². The molecule has 1 atom stereocenters. The predicted molar refractivity (Wildman–Crippen MR) is 57.2 cm³/mol. The van der Waals surface area contributed by atoms with Crippen LogP contribution in [0.2, 0.25) is 0 Å². The molecule has 0 aliphatic carbocycles. The molecule has 1 aromatic rings. The largest absolute Gasteiger partial charge is 0.392 e. The molecule has 82 valence electrons. The van der Waals surface area contributed by atoms with Crippen molar-refractivity contribution in [1.29, 1.82) is 0 Å². The highest BCUT2D eigenvalue weighted by atomic mass is 16.3. The topological polar surface area (TPSA) is 62.2 Å². The van der Waals surface area contributed by atoms with Crippen LogP contribution in [0.4, 0.5) is 0 Å². The molecule has 4 nitrogen and oxygen atoms in total. The third-order valence-electron chi connectivity index (χ3n) is 1.98. The summed E-state index contributed by atoms with van der Waals surface area (Å²) >= 11 is 0. The van der Waals surface area contributed by atoms with Crippen LogP contribution in [0.1, 0.15) is 18.9 Å². The summed E-state index contributed by atoms with van der Waals surface area (Å²) in [4.78, 5) is 15.2. The Morgan fingerprint density at radius 3 is 2.80 bits per heavy atom. The van der Waals surface area contributed by atoms with Crippen molar-refractivity contribution in [3.05, 3.63) is 30.1 Å². The van der Waals surface area contributed by atoms with Crippen LogP contribution in [-0.2, 0) is 11.2 Å². The molecular weight excluding hydrogens is 192 g/mol. The molecule has 0 aliphatic heterocycles. The number of amides is 1. The molecule has 4 heteroatoms. The summed E-state index contributed by atoms with van der Waals surface area (Å²) < 4.78 is 0. The van der Waals surface area contributed by atoms with Gasteiger partial charge in [-0.15, -0.1) is 0 Å². The van der Waals surface area contributed by atoms with Gasteiger partial charge in [-0.05, 0) is 31.0 Å². The maximum Gasteiger partial charge on any atom is 0.220 e. The summed E-state index contributed by atoms with van der Waals surface area (Å²) in [6.07, 6.45) is 4.08. The third kappa shape index (κ3) is 5.12. The number of hydrogen-bond acceptors (Lipinski definition) is 3. The molecule has 1 rings (SSSR count). The van der Waals surface area contributed by atoms with Crippen LogP contribution < -0.4 is 5.32 Å². The van der Waals surface area contributed by atoms with Crippen LogP contribution in [0.3, 0.4) is 0 Å². The highest BCUT2D eigenvalue weighted by Crippen LogP contribution is 2.00. The molecule has 1 aromatic heterocycles. The molecule has 0 radical (unpaired) electrons. The van der Waals surface area contributed by atoms with Crippen LogP contribution in [0.5, 0.6) is 0 Å². The average molecular weight is 208 g/mol. The van der Waals surface area contributed by atoms with Crippen molar-refractivity contribution in [3.8, 4) is 0 Å². The number of aromatic nitrogens is 1. The Hall–Kier alpha value is -1.42. The van der Waals surface area contributed by atoms with E-state index in [9.17, 15) is 4.79 Å². The second-order valence-electron chi connectivity index (χ2n) is 3.51. The van der Waals surface area contributed by atoms with Crippen LogP contribution in [0, 0.1) is 0 Å². The quantitative estimate of drug-likeness (QED) is 0.741. The van der Waals surface area contributed by atoms with Crippen molar-refractivity contribution in [2.75, 3.05) is 6.54 Å². The summed E-state index contributed by atoms with van der Waals surface area (Å²) in [5.74, 6) is -0.0345. The number of aryl methyl sites for hydroxylation is 1. The fourth-order valence-corrected chi connectivity index (χ4v) is 1.16. The van der Waals surface area contributed by atoms with E-state index in [4.69, 9.17) is 5.11 Å². The zero-order valence-corrected chi connectivity index (χ0v) is 8.81. The Morgan fingerprint density at radius 1 is 1.53 bits per heavy atom. The third-order valence-corrected chi connectivity index (χ3v) is 1.98. The lowest BCUT2D eigenvalue weighted by atomic mass is 10.1. The Balaban J connectivity index is 2.23. The molecular formula is C11H16N2O2. The lowest BCUT2D eigenvalue weighted by Crippen LogP contribution is -2.30. The van der Waals surface area contributed by atoms with E-state index in [1.54, 1.807) is 19.3 Å². The minimum atomic E-state index is -0.491. The van der Waals surface area contributed by atoms with Crippen molar-refractivity contribution >= 4 is 5.91 Å². The van der Waals surface area contributed by atoms with E-state index in [0.717, 1.165) is 5.56 Å². The number of pyridine rings is 1. The van der Waals surface area contributed by atoms with Gasteiger partial charge in [0.2, 0.25) is 5.91 Å². The maximum atomic E-state index is 11.3. The Labute approximate surface area is 89.3 Å². The smallest absolute Gasteiger partial charge is 0.220 e. The molecule has 2 N–H and O–H groups in total. The van der Waals surface area contributed by atoms with Crippen LogP contribution >= 0.6 is 0 Å². The molecule has 0 fully saturated rings. The van der Waals surface area contributed by atoms with E-state index >= 15 is 0 Å². The first-order chi connectivity index (χ1) is 7.18. The van der Waals surface area contributed by atoms with Gasteiger partial charge in [-0.25, -0.2) is 0 Å². The first-order valence-corrected chi connectivity index (χ1v) is 5.02. The van der Waals surface area contributed by atoms with E-state index < -0.39 is 6.10 Å². The number of carbonyl (C=O) groups excluding carboxylic acids is 1. The van der Waals surface area contributed by atoms with Crippen molar-refractivity contribution in [1.82, 2.24) is 10.3 Å². The van der Waals surface area contributed by atoms with Gasteiger partial charge in [0, 0.05) is 25.4 Å². The Bertz CT molecular complexity index is 299. The number of carbonyl (C=O) groups is 1. The maximum absolute atomic E-state index is 11.3. The second kappa shape index (κ2) is 6.14. The van der Waals surface area contributed by atoms with Gasteiger partial charge in [0.15, 0.2) is 0 Å². The second-order valence-corrected chi connectivity index (χ2v) is 3.51. The van der Waals surface area contributed by atoms with Gasteiger partial charge < -0.3 is 10.4 Å². The van der Waals surface area contributed by atoms with E-state index in [-0.39, 0.29) is 5.91 Å². The van der Waals surface area contributed by atoms with E-state index in [1.807, 2.05) is 12.1 Å². The number of aliphatic hydroxyl groups is 1. The zero-order chi connectivity index (χ0) is 11.1. The highest BCUT2D eigenvalue weighted by Gasteiger charge is 2.03. The first kappa shape index (κ1) is 11.7. The van der Waals surface area contributed by atoms with Gasteiger partial charge in [-0.3, -0.25) is 9.78 Å². The number of aliphatic hydroxyl groups excluding tert-OH is 1. The summed E-state index contributed by atoms with van der Waals surface area (Å²) in [6, 6.07) is 3.78. The molecule has 15 heavy (non-hydrogen) atoms. The average Bonchev–Trinajstić information content (AvgIpc) is 2.25. The predicted octanol–water partition coefficient (Wildman–Crippen LogP) is 0.511. The number of nitrogens with zero attached hydrogens (tertiary/aromatic N) is 1. The first-order valence-electron chi connectivity index (χ1n) is 5.02. The molecule has 0 saturated heterocycles. The number of nitrogens with one attached hydrogen (secondary N) is 1. The molecule has 0 aliphatic rings. The van der Waals surface area contributed by atoms with Crippen LogP contribution in [0.15, 0.2) is 24.5 Å². The van der Waals surface area contributed by atoms with E-state index in [2.05, 4.69) is 10.3 Å². The zero-order valence-electron chi connectivity index (χ0n) is 8.81. The van der Waals surface area contributed by atoms with Crippen LogP contribution in [0.25, 0.3) is 0 Å². The standard InChI is InChI=1S/C11H16N2O2/c1-9(14)8-13-11(15)3-2-10-4-6-12-7-5-10/h4-7,9,14H,2-3,8H2,1H3,(H,13,15)/t9-/m1/s1. The van der Waals surface area contributed by atoms with Gasteiger partial charge in [-0.2, -0.15) is 0 Å². The van der Waals surface area contributed by atoms with Crippen molar-refractivity contribution in [3.63, 3.8) is 0 Å². The SMILES string of the molecule is C[C@@H](O)CNC(=O)CCc1ccncc1. The number of rotatable bonds is 5.